The van der Waals surface area contributed by atoms with E-state index < -0.39 is 5.97 Å². The molecule has 1 unspecified atom stereocenters. The Morgan fingerprint density at radius 2 is 2.29 bits per heavy atom. The Kier molecular flexibility index (Phi) is 3.79. The average molecular weight is 255 g/mol. The first-order valence-corrected chi connectivity index (χ1v) is 6.84. The van der Waals surface area contributed by atoms with Crippen molar-refractivity contribution in [3.63, 3.8) is 0 Å². The van der Waals surface area contributed by atoms with Gasteiger partial charge >= 0.3 is 5.97 Å². The van der Waals surface area contributed by atoms with Crippen molar-refractivity contribution in [3.8, 4) is 0 Å². The molecule has 5 heteroatoms. The normalized spacial score (nSPS) is 17.1. The lowest BCUT2D eigenvalue weighted by Gasteiger charge is -2.11. The highest BCUT2D eigenvalue weighted by Gasteiger charge is 2.33. The molecule has 0 spiro atoms. The minimum atomic E-state index is -0.859. The highest BCUT2D eigenvalue weighted by molar-refractivity contribution is 7.13. The molecule has 0 amide bonds. The number of carboxylic acids is 1. The Labute approximate surface area is 105 Å². The van der Waals surface area contributed by atoms with Crippen LogP contribution in [0.4, 0.5) is 0 Å². The van der Waals surface area contributed by atoms with Crippen molar-refractivity contribution in [2.75, 3.05) is 6.61 Å². The van der Waals surface area contributed by atoms with E-state index >= 15 is 0 Å². The van der Waals surface area contributed by atoms with Crippen LogP contribution < -0.4 is 0 Å². The highest BCUT2D eigenvalue weighted by Crippen LogP contribution is 2.43. The number of aromatic nitrogens is 1. The van der Waals surface area contributed by atoms with Gasteiger partial charge in [-0.1, -0.05) is 6.92 Å². The third-order valence-electron chi connectivity index (χ3n) is 2.84. The average Bonchev–Trinajstić information content (AvgIpc) is 3.05. The van der Waals surface area contributed by atoms with Gasteiger partial charge in [0.2, 0.25) is 0 Å². The Hall–Kier alpha value is -0.940. The number of carboxylic acid groups (broad SMARTS) is 1. The maximum Gasteiger partial charge on any atom is 0.347 e. The summed E-state index contributed by atoms with van der Waals surface area (Å²) in [6.07, 6.45) is 2.89. The molecule has 17 heavy (non-hydrogen) atoms. The van der Waals surface area contributed by atoms with Crippen molar-refractivity contribution in [2.24, 2.45) is 0 Å². The van der Waals surface area contributed by atoms with Crippen molar-refractivity contribution < 1.29 is 14.6 Å². The van der Waals surface area contributed by atoms with E-state index in [4.69, 9.17) is 9.84 Å². The van der Waals surface area contributed by atoms with Gasteiger partial charge in [0.15, 0.2) is 0 Å². The molecule has 0 aliphatic heterocycles. The van der Waals surface area contributed by atoms with E-state index in [1.165, 1.54) is 11.3 Å². The van der Waals surface area contributed by atoms with Crippen LogP contribution in [-0.4, -0.2) is 22.7 Å². The molecule has 0 radical (unpaired) electrons. The number of hydrogen-bond acceptors (Lipinski definition) is 4. The van der Waals surface area contributed by atoms with Crippen LogP contribution in [0.3, 0.4) is 0 Å². The van der Waals surface area contributed by atoms with Gasteiger partial charge in [-0.25, -0.2) is 9.78 Å². The van der Waals surface area contributed by atoms with E-state index in [2.05, 4.69) is 4.98 Å². The van der Waals surface area contributed by atoms with Crippen LogP contribution >= 0.6 is 11.3 Å². The second-order valence-electron chi connectivity index (χ2n) is 4.20. The smallest absolute Gasteiger partial charge is 0.347 e. The lowest BCUT2D eigenvalue weighted by molar-refractivity contribution is 0.0595. The van der Waals surface area contributed by atoms with Gasteiger partial charge in [0.25, 0.3) is 0 Å². The number of hydrogen-bond donors (Lipinski definition) is 1. The number of nitrogens with zero attached hydrogens (tertiary/aromatic N) is 1. The molecular formula is C12H17NO3S. The third kappa shape index (κ3) is 2.66. The molecule has 1 aliphatic carbocycles. The Morgan fingerprint density at radius 3 is 2.76 bits per heavy atom. The molecule has 94 valence electrons. The molecule has 1 aliphatic rings. The fraction of sp³-hybridized carbons (Fsp3) is 0.667. The van der Waals surface area contributed by atoms with Crippen molar-refractivity contribution in [1.29, 1.82) is 0 Å². The predicted molar refractivity (Wildman–Crippen MR) is 65.7 cm³/mol. The summed E-state index contributed by atoms with van der Waals surface area (Å²) >= 11 is 1.27. The molecule has 1 heterocycles. The van der Waals surface area contributed by atoms with Crippen LogP contribution in [0.2, 0.25) is 0 Å². The molecule has 0 bridgehead atoms. The maximum absolute atomic E-state index is 11.2. The minimum Gasteiger partial charge on any atom is -0.477 e. The molecule has 1 N–H and O–H groups in total. The van der Waals surface area contributed by atoms with Crippen LogP contribution in [0.1, 0.15) is 65.5 Å². The van der Waals surface area contributed by atoms with Crippen LogP contribution in [0.5, 0.6) is 0 Å². The van der Waals surface area contributed by atoms with Crippen LogP contribution in [0, 0.1) is 0 Å². The minimum absolute atomic E-state index is 0.0596. The Bertz CT molecular complexity index is 412. The van der Waals surface area contributed by atoms with Gasteiger partial charge in [-0.15, -0.1) is 11.3 Å². The maximum atomic E-state index is 11.2. The van der Waals surface area contributed by atoms with E-state index in [0.717, 1.165) is 30.0 Å². The summed E-state index contributed by atoms with van der Waals surface area (Å²) in [6, 6.07) is 0. The fourth-order valence-electron chi connectivity index (χ4n) is 1.84. The Balaban J connectivity index is 2.28. The lowest BCUT2D eigenvalue weighted by atomic mass is 10.2. The summed E-state index contributed by atoms with van der Waals surface area (Å²) in [4.78, 5) is 16.1. The molecule has 1 aromatic rings. The third-order valence-corrected chi connectivity index (χ3v) is 3.99. The Morgan fingerprint density at radius 1 is 1.59 bits per heavy atom. The summed E-state index contributed by atoms with van der Waals surface area (Å²) < 4.78 is 5.58. The molecular weight excluding hydrogens is 238 g/mol. The van der Waals surface area contributed by atoms with E-state index in [9.17, 15) is 4.79 Å². The molecule has 1 aromatic heterocycles. The zero-order valence-corrected chi connectivity index (χ0v) is 10.9. The van der Waals surface area contributed by atoms with E-state index in [1.54, 1.807) is 0 Å². The zero-order chi connectivity index (χ0) is 12.4. The van der Waals surface area contributed by atoms with Gasteiger partial charge in [-0.3, -0.25) is 0 Å². The highest BCUT2D eigenvalue weighted by atomic mass is 32.1. The van der Waals surface area contributed by atoms with Crippen molar-refractivity contribution in [3.05, 3.63) is 15.6 Å². The summed E-state index contributed by atoms with van der Waals surface area (Å²) in [7, 11) is 0. The van der Waals surface area contributed by atoms with Gasteiger partial charge in [-0.05, 0) is 26.2 Å². The number of carbonyl (C=O) groups is 1. The largest absolute Gasteiger partial charge is 0.477 e. The first-order valence-electron chi connectivity index (χ1n) is 6.02. The van der Waals surface area contributed by atoms with Crippen LogP contribution in [0.15, 0.2) is 0 Å². The summed E-state index contributed by atoms with van der Waals surface area (Å²) in [6.45, 7) is 4.59. The standard InChI is InChI=1S/C12H17NO3S/c1-3-8(16-4-2)11-13-9(7-5-6-7)10(17-11)12(14)15/h7-8H,3-6H2,1-2H3,(H,14,15). The van der Waals surface area contributed by atoms with Gasteiger partial charge in [0.1, 0.15) is 16.0 Å². The monoisotopic (exact) mass is 255 g/mol. The molecule has 0 saturated heterocycles. The van der Waals surface area contributed by atoms with Crippen LogP contribution in [-0.2, 0) is 4.74 Å². The topological polar surface area (TPSA) is 59.4 Å². The first kappa shape index (κ1) is 12.5. The summed E-state index contributed by atoms with van der Waals surface area (Å²) in [5.41, 5.74) is 0.774. The van der Waals surface area contributed by atoms with Gasteiger partial charge in [0, 0.05) is 12.5 Å². The van der Waals surface area contributed by atoms with Crippen molar-refractivity contribution in [2.45, 2.75) is 45.1 Å². The zero-order valence-electron chi connectivity index (χ0n) is 10.1. The molecule has 1 saturated carbocycles. The van der Waals surface area contributed by atoms with E-state index in [1.807, 2.05) is 13.8 Å². The van der Waals surface area contributed by atoms with Crippen LogP contribution in [0.25, 0.3) is 0 Å². The number of aromatic carboxylic acids is 1. The molecule has 1 atom stereocenters. The number of thiazole rings is 1. The van der Waals surface area contributed by atoms with E-state index in [-0.39, 0.29) is 6.10 Å². The second kappa shape index (κ2) is 5.14. The fourth-order valence-corrected chi connectivity index (χ4v) is 2.96. The van der Waals surface area contributed by atoms with Crippen molar-refractivity contribution in [1.82, 2.24) is 4.98 Å². The molecule has 2 rings (SSSR count). The number of rotatable bonds is 6. The lowest BCUT2D eigenvalue weighted by Crippen LogP contribution is -2.02. The SMILES string of the molecule is CCOC(CC)c1nc(C2CC2)c(C(=O)O)s1. The number of ether oxygens (including phenoxy) is 1. The van der Waals surface area contributed by atoms with E-state index in [0.29, 0.717) is 17.4 Å². The quantitative estimate of drug-likeness (QED) is 0.848. The molecule has 1 fully saturated rings. The van der Waals surface area contributed by atoms with Gasteiger partial charge < -0.3 is 9.84 Å². The summed E-state index contributed by atoms with van der Waals surface area (Å²) in [5, 5.41) is 9.98. The predicted octanol–water partition coefficient (Wildman–Crippen LogP) is 3.21. The first-order chi connectivity index (χ1) is 8.17. The van der Waals surface area contributed by atoms with Crippen molar-refractivity contribution >= 4 is 17.3 Å². The van der Waals surface area contributed by atoms with Gasteiger partial charge in [0.05, 0.1) is 5.69 Å². The van der Waals surface area contributed by atoms with Gasteiger partial charge in [-0.2, -0.15) is 0 Å². The molecule has 0 aromatic carbocycles. The second-order valence-corrected chi connectivity index (χ2v) is 5.23. The molecule has 4 nitrogen and oxygen atoms in total. The summed E-state index contributed by atoms with van der Waals surface area (Å²) in [5.74, 6) is -0.493.